The average molecular weight is 689 g/mol. The molecule has 8 heteroatoms. The lowest BCUT2D eigenvalue weighted by Gasteiger charge is -2.26. The van der Waals surface area contributed by atoms with E-state index in [2.05, 4.69) is 85.7 Å². The maximum atomic E-state index is 12.3. The Morgan fingerprint density at radius 1 is 0.923 bits per heavy atom. The van der Waals surface area contributed by atoms with Crippen molar-refractivity contribution in [2.75, 3.05) is 26.2 Å². The van der Waals surface area contributed by atoms with E-state index >= 15 is 0 Å². The lowest BCUT2D eigenvalue weighted by atomic mass is 10.0. The van der Waals surface area contributed by atoms with E-state index in [1.165, 1.54) is 55.5 Å². The molecular formula is C31H32Br2N2O2S2. The van der Waals surface area contributed by atoms with Gasteiger partial charge in [0.1, 0.15) is 5.60 Å². The Morgan fingerprint density at radius 2 is 1.51 bits per heavy atom. The Morgan fingerprint density at radius 3 is 2.05 bits per heavy atom. The van der Waals surface area contributed by atoms with E-state index in [0.29, 0.717) is 11.3 Å². The molecule has 4 atom stereocenters. The summed E-state index contributed by atoms with van der Waals surface area (Å²) in [7, 11) is 0. The molecule has 8 rings (SSSR count). The van der Waals surface area contributed by atoms with E-state index in [1.807, 2.05) is 48.3 Å². The van der Waals surface area contributed by atoms with E-state index in [1.54, 1.807) is 4.88 Å². The topological polar surface area (TPSA) is 41.6 Å². The van der Waals surface area contributed by atoms with Crippen LogP contribution < -0.4 is 5.32 Å². The van der Waals surface area contributed by atoms with Crippen molar-refractivity contribution in [1.29, 1.82) is 0 Å². The van der Waals surface area contributed by atoms with Crippen LogP contribution in [0.4, 0.5) is 4.79 Å². The molecule has 4 unspecified atom stereocenters. The first-order valence-corrected chi connectivity index (χ1v) is 16.8. The number of hydrogen-bond acceptors (Lipinski definition) is 5. The highest BCUT2D eigenvalue weighted by Crippen LogP contribution is 2.61. The predicted molar refractivity (Wildman–Crippen MR) is 169 cm³/mol. The Labute approximate surface area is 254 Å². The highest BCUT2D eigenvalue weighted by atomic mass is 79.9. The summed E-state index contributed by atoms with van der Waals surface area (Å²) in [5.74, 6) is 1.50. The summed E-state index contributed by atoms with van der Waals surface area (Å²) in [5, 5.41) is 6.21. The van der Waals surface area contributed by atoms with Crippen LogP contribution in [0.3, 0.4) is 0 Å². The number of likely N-dealkylation sites (tertiary alicyclic amines) is 1. The second kappa shape index (κ2) is 9.28. The van der Waals surface area contributed by atoms with Crippen LogP contribution in [0, 0.1) is 11.8 Å². The molecule has 1 N–H and O–H groups in total. The number of carbonyl (C=O) groups excluding carboxylic acids is 1. The van der Waals surface area contributed by atoms with Gasteiger partial charge < -0.3 is 15.0 Å². The molecule has 4 nitrogen and oxygen atoms in total. The second-order valence-electron chi connectivity index (χ2n) is 12.7. The number of amides is 1. The number of ether oxygens (including phenoxy) is 1. The number of thiophene rings is 2. The smallest absolute Gasteiger partial charge is 0.410 e. The van der Waals surface area contributed by atoms with Gasteiger partial charge in [0, 0.05) is 58.6 Å². The number of fused-ring (bicyclic) bond motifs is 4. The Balaban J connectivity index is 0.000000138. The van der Waals surface area contributed by atoms with Gasteiger partial charge in [-0.05, 0) is 99.2 Å². The zero-order chi connectivity index (χ0) is 27.2. The van der Waals surface area contributed by atoms with Crippen molar-refractivity contribution in [2.24, 2.45) is 11.8 Å². The van der Waals surface area contributed by atoms with Crippen molar-refractivity contribution in [3.8, 4) is 0 Å². The van der Waals surface area contributed by atoms with Crippen molar-refractivity contribution in [3.63, 3.8) is 0 Å². The number of piperidine rings is 2. The first-order valence-electron chi connectivity index (χ1n) is 13.6. The molecule has 4 heterocycles. The summed E-state index contributed by atoms with van der Waals surface area (Å²) in [5.41, 5.74) is 0.254. The van der Waals surface area contributed by atoms with E-state index in [-0.39, 0.29) is 11.5 Å². The fraction of sp³-hybridized carbons (Fsp3) is 0.452. The van der Waals surface area contributed by atoms with E-state index in [0.717, 1.165) is 23.5 Å². The highest BCUT2D eigenvalue weighted by Gasteiger charge is 2.63. The minimum atomic E-state index is -0.430. The maximum Gasteiger partial charge on any atom is 0.410 e. The van der Waals surface area contributed by atoms with Crippen LogP contribution in [0.5, 0.6) is 0 Å². The second-order valence-corrected chi connectivity index (χ2v) is 16.7. The molecule has 204 valence electrons. The molecule has 2 aromatic carbocycles. The molecule has 0 radical (unpaired) electrons. The van der Waals surface area contributed by atoms with Gasteiger partial charge in [0.25, 0.3) is 0 Å². The number of halogens is 2. The van der Waals surface area contributed by atoms with Crippen molar-refractivity contribution >= 4 is 80.8 Å². The van der Waals surface area contributed by atoms with Crippen LogP contribution in [0.25, 0.3) is 20.2 Å². The first kappa shape index (κ1) is 26.4. The average Bonchev–Trinajstić information content (AvgIpc) is 3.38. The van der Waals surface area contributed by atoms with Gasteiger partial charge in [0.05, 0.1) is 0 Å². The molecule has 2 saturated heterocycles. The van der Waals surface area contributed by atoms with Gasteiger partial charge in [-0.2, -0.15) is 0 Å². The number of hydrogen-bond donors (Lipinski definition) is 1. The van der Waals surface area contributed by atoms with Crippen molar-refractivity contribution < 1.29 is 9.53 Å². The van der Waals surface area contributed by atoms with Crippen LogP contribution in [0.2, 0.25) is 0 Å². The van der Waals surface area contributed by atoms with Gasteiger partial charge in [-0.15, -0.1) is 22.7 Å². The van der Waals surface area contributed by atoms with Gasteiger partial charge in [0.15, 0.2) is 0 Å². The van der Waals surface area contributed by atoms with E-state index in [9.17, 15) is 4.79 Å². The number of benzene rings is 2. The minimum absolute atomic E-state index is 0.173. The molecule has 2 aliphatic heterocycles. The molecule has 4 fully saturated rings. The number of nitrogens with zero attached hydrogens (tertiary/aromatic N) is 1. The Bertz CT molecular complexity index is 1610. The molecule has 2 aliphatic carbocycles. The van der Waals surface area contributed by atoms with Gasteiger partial charge in [0.2, 0.25) is 0 Å². The highest BCUT2D eigenvalue weighted by molar-refractivity contribution is 9.10. The molecule has 2 aromatic heterocycles. The molecule has 4 aromatic rings. The Kier molecular flexibility index (Phi) is 6.29. The third-order valence-corrected chi connectivity index (χ3v) is 12.4. The zero-order valence-corrected chi connectivity index (χ0v) is 27.2. The molecule has 2 saturated carbocycles. The predicted octanol–water partition coefficient (Wildman–Crippen LogP) is 8.70. The normalized spacial score (nSPS) is 28.7. The maximum absolute atomic E-state index is 12.3. The van der Waals surface area contributed by atoms with Crippen molar-refractivity contribution in [1.82, 2.24) is 10.2 Å². The summed E-state index contributed by atoms with van der Waals surface area (Å²) < 4.78 is 10.6. The number of nitrogens with one attached hydrogen (secondary N) is 1. The van der Waals surface area contributed by atoms with Gasteiger partial charge >= 0.3 is 6.09 Å². The zero-order valence-electron chi connectivity index (χ0n) is 22.4. The summed E-state index contributed by atoms with van der Waals surface area (Å²) in [6, 6.07) is 17.7. The standard InChI is InChI=1S/C18H20BrNO2S.C13H12BrNS/c1-17(2,3)22-16(21)20-9-12-8-18(12,10-20)15-6-11-4-5-13(19)7-14(11)23-15;14-10-2-1-8-3-12(16-11(8)4-10)13-5-9(13)6-15-7-13/h4-7,12H,8-10H2,1-3H3;1-4,9,15H,5-7H2. The molecule has 0 spiro atoms. The lowest BCUT2D eigenvalue weighted by molar-refractivity contribution is 0.0270. The molecule has 1 amide bonds. The summed E-state index contributed by atoms with van der Waals surface area (Å²) in [6.45, 7) is 9.78. The summed E-state index contributed by atoms with van der Waals surface area (Å²) >= 11 is 10.9. The largest absolute Gasteiger partial charge is 0.444 e. The fourth-order valence-corrected chi connectivity index (χ4v) is 10.3. The van der Waals surface area contributed by atoms with Crippen LogP contribution in [0.15, 0.2) is 57.5 Å². The summed E-state index contributed by atoms with van der Waals surface area (Å²) in [4.78, 5) is 17.2. The van der Waals surface area contributed by atoms with Gasteiger partial charge in [-0.3, -0.25) is 0 Å². The molecular weight excluding hydrogens is 656 g/mol. The molecule has 39 heavy (non-hydrogen) atoms. The van der Waals surface area contributed by atoms with Crippen LogP contribution in [-0.2, 0) is 15.6 Å². The van der Waals surface area contributed by atoms with Crippen LogP contribution in [-0.4, -0.2) is 42.8 Å². The first-order chi connectivity index (χ1) is 18.5. The SMILES string of the molecule is Brc1ccc2cc(C34CNCC3C4)sc2c1.CC(C)(C)OC(=O)N1CC2CC2(c2cc3ccc(Br)cc3s2)C1. The number of carbonyl (C=O) groups is 1. The third kappa shape index (κ3) is 4.78. The Hall–Kier alpha value is -1.45. The quantitative estimate of drug-likeness (QED) is 0.229. The lowest BCUT2D eigenvalue weighted by Crippen LogP contribution is -2.37. The minimum Gasteiger partial charge on any atom is -0.444 e. The van der Waals surface area contributed by atoms with Crippen LogP contribution >= 0.6 is 54.5 Å². The van der Waals surface area contributed by atoms with E-state index < -0.39 is 5.60 Å². The number of rotatable bonds is 2. The monoisotopic (exact) mass is 686 g/mol. The fourth-order valence-electron chi connectivity index (χ4n) is 6.55. The molecule has 4 aliphatic rings. The third-order valence-electron chi connectivity index (χ3n) is 8.81. The van der Waals surface area contributed by atoms with Crippen molar-refractivity contribution in [3.05, 3.63) is 67.2 Å². The van der Waals surface area contributed by atoms with E-state index in [4.69, 9.17) is 4.74 Å². The van der Waals surface area contributed by atoms with Crippen LogP contribution in [0.1, 0.15) is 43.4 Å². The van der Waals surface area contributed by atoms with Gasteiger partial charge in [-0.25, -0.2) is 4.79 Å². The van der Waals surface area contributed by atoms with Gasteiger partial charge in [-0.1, -0.05) is 44.0 Å². The molecule has 0 bridgehead atoms. The van der Waals surface area contributed by atoms with Crippen molar-refractivity contribution in [2.45, 2.75) is 50.0 Å². The summed E-state index contributed by atoms with van der Waals surface area (Å²) in [6.07, 6.45) is 2.42.